The molecule has 1 N–H and O–H groups in total. The topological polar surface area (TPSA) is 66.8 Å². The molecule has 140 valence electrons. The zero-order chi connectivity index (χ0) is 19.6. The molecule has 0 aromatic heterocycles. The van der Waals surface area contributed by atoms with E-state index in [1.54, 1.807) is 12.1 Å². The second-order valence-electron chi connectivity index (χ2n) is 6.40. The fourth-order valence-electron chi connectivity index (χ4n) is 3.16. The first-order valence-electron chi connectivity index (χ1n) is 8.54. The zero-order valence-corrected chi connectivity index (χ0v) is 15.1. The second-order valence-corrected chi connectivity index (χ2v) is 6.40. The minimum absolute atomic E-state index is 0.00781. The standard InChI is InChI=1S/C21H20FNO4/c1-13-3-5-15(6-4-13)19(24)17-18(14-7-9-16(22)10-8-14)23(11-12-27-2)21(26)20(17)25/h3-10,18,24H,11-12H2,1-2H3/b19-17-. The Bertz CT molecular complexity index is 887. The van der Waals surface area contributed by atoms with Gasteiger partial charge in [-0.1, -0.05) is 42.0 Å². The lowest BCUT2D eigenvalue weighted by Crippen LogP contribution is -2.32. The lowest BCUT2D eigenvalue weighted by molar-refractivity contribution is -0.140. The molecule has 1 amide bonds. The van der Waals surface area contributed by atoms with Crippen molar-refractivity contribution in [2.75, 3.05) is 20.3 Å². The zero-order valence-electron chi connectivity index (χ0n) is 15.1. The molecule has 6 heteroatoms. The van der Waals surface area contributed by atoms with Crippen molar-refractivity contribution in [3.63, 3.8) is 0 Å². The number of amides is 1. The highest BCUT2D eigenvalue weighted by Gasteiger charge is 2.45. The molecule has 5 nitrogen and oxygen atoms in total. The fraction of sp³-hybridized carbons (Fsp3) is 0.238. The van der Waals surface area contributed by atoms with Gasteiger partial charge in [-0.15, -0.1) is 0 Å². The van der Waals surface area contributed by atoms with Crippen LogP contribution in [0.15, 0.2) is 54.1 Å². The largest absolute Gasteiger partial charge is 0.507 e. The number of aryl methyl sites for hydroxylation is 1. The summed E-state index contributed by atoms with van der Waals surface area (Å²) in [5, 5.41) is 10.8. The molecule has 1 atom stereocenters. The summed E-state index contributed by atoms with van der Waals surface area (Å²) in [4.78, 5) is 26.6. The van der Waals surface area contributed by atoms with E-state index in [2.05, 4.69) is 0 Å². The Morgan fingerprint density at radius 2 is 1.74 bits per heavy atom. The molecular formula is C21H20FNO4. The molecule has 0 saturated carbocycles. The third-order valence-electron chi connectivity index (χ3n) is 4.59. The molecule has 0 bridgehead atoms. The minimum Gasteiger partial charge on any atom is -0.507 e. The van der Waals surface area contributed by atoms with E-state index in [-0.39, 0.29) is 24.5 Å². The van der Waals surface area contributed by atoms with Crippen molar-refractivity contribution < 1.29 is 23.8 Å². The van der Waals surface area contributed by atoms with Crippen molar-refractivity contribution >= 4 is 17.4 Å². The SMILES string of the molecule is COCCN1C(=O)C(=O)/C(=C(\O)c2ccc(C)cc2)C1c1ccc(F)cc1. The molecule has 0 radical (unpaired) electrons. The molecular weight excluding hydrogens is 349 g/mol. The summed E-state index contributed by atoms with van der Waals surface area (Å²) in [6.07, 6.45) is 0. The number of aliphatic hydroxyl groups excluding tert-OH is 1. The van der Waals surface area contributed by atoms with Gasteiger partial charge in [-0.3, -0.25) is 9.59 Å². The predicted octanol–water partition coefficient (Wildman–Crippen LogP) is 3.20. The number of halogens is 1. The van der Waals surface area contributed by atoms with Crippen LogP contribution in [0.2, 0.25) is 0 Å². The van der Waals surface area contributed by atoms with E-state index < -0.39 is 23.5 Å². The van der Waals surface area contributed by atoms with Crippen LogP contribution in [0.3, 0.4) is 0 Å². The Morgan fingerprint density at radius 3 is 2.33 bits per heavy atom. The first-order valence-corrected chi connectivity index (χ1v) is 8.54. The van der Waals surface area contributed by atoms with Gasteiger partial charge in [0.2, 0.25) is 0 Å². The molecule has 1 unspecified atom stereocenters. The van der Waals surface area contributed by atoms with E-state index in [1.165, 1.54) is 36.3 Å². The van der Waals surface area contributed by atoms with Gasteiger partial charge in [0, 0.05) is 19.2 Å². The van der Waals surface area contributed by atoms with Crippen LogP contribution in [0.1, 0.15) is 22.7 Å². The van der Waals surface area contributed by atoms with Gasteiger partial charge >= 0.3 is 0 Å². The molecule has 0 aliphatic carbocycles. The number of ether oxygens (including phenoxy) is 1. The molecule has 2 aromatic rings. The molecule has 1 fully saturated rings. The second kappa shape index (κ2) is 7.72. The van der Waals surface area contributed by atoms with Crippen molar-refractivity contribution in [3.05, 3.63) is 76.6 Å². The van der Waals surface area contributed by atoms with Gasteiger partial charge in [0.25, 0.3) is 11.7 Å². The highest BCUT2D eigenvalue weighted by molar-refractivity contribution is 6.46. The van der Waals surface area contributed by atoms with Crippen molar-refractivity contribution in [1.29, 1.82) is 0 Å². The number of Topliss-reactive ketones (excluding diaryl/α,β-unsaturated/α-hetero) is 1. The molecule has 1 saturated heterocycles. The number of carbonyl (C=O) groups is 2. The minimum atomic E-state index is -0.804. The van der Waals surface area contributed by atoms with Crippen LogP contribution in [-0.2, 0) is 14.3 Å². The van der Waals surface area contributed by atoms with E-state index in [4.69, 9.17) is 4.74 Å². The molecule has 1 heterocycles. The van der Waals surface area contributed by atoms with Crippen LogP contribution in [0.25, 0.3) is 5.76 Å². The summed E-state index contributed by atoms with van der Waals surface area (Å²) in [7, 11) is 1.50. The number of hydrogen-bond acceptors (Lipinski definition) is 4. The first-order chi connectivity index (χ1) is 12.9. The average molecular weight is 369 g/mol. The monoisotopic (exact) mass is 369 g/mol. The number of nitrogens with zero attached hydrogens (tertiary/aromatic N) is 1. The van der Waals surface area contributed by atoms with Crippen LogP contribution in [0, 0.1) is 12.7 Å². The Balaban J connectivity index is 2.14. The molecule has 27 heavy (non-hydrogen) atoms. The number of hydrogen-bond donors (Lipinski definition) is 1. The number of ketones is 1. The highest BCUT2D eigenvalue weighted by atomic mass is 19.1. The van der Waals surface area contributed by atoms with E-state index in [1.807, 2.05) is 19.1 Å². The summed E-state index contributed by atoms with van der Waals surface area (Å²) in [6.45, 7) is 2.31. The van der Waals surface area contributed by atoms with Gasteiger partial charge < -0.3 is 14.7 Å². The molecule has 1 aliphatic heterocycles. The maximum Gasteiger partial charge on any atom is 0.295 e. The van der Waals surface area contributed by atoms with Crippen molar-refractivity contribution in [2.24, 2.45) is 0 Å². The summed E-state index contributed by atoms with van der Waals surface area (Å²) in [5.74, 6) is -2.15. The van der Waals surface area contributed by atoms with E-state index >= 15 is 0 Å². The van der Waals surface area contributed by atoms with Crippen LogP contribution in [0.4, 0.5) is 4.39 Å². The van der Waals surface area contributed by atoms with Gasteiger partial charge in [0.15, 0.2) is 0 Å². The maximum absolute atomic E-state index is 13.4. The van der Waals surface area contributed by atoms with Gasteiger partial charge in [-0.2, -0.15) is 0 Å². The summed E-state index contributed by atoms with van der Waals surface area (Å²) in [6, 6.07) is 11.7. The summed E-state index contributed by atoms with van der Waals surface area (Å²) in [5.41, 5.74) is 1.98. The summed E-state index contributed by atoms with van der Waals surface area (Å²) >= 11 is 0. The average Bonchev–Trinajstić information content (AvgIpc) is 2.91. The van der Waals surface area contributed by atoms with E-state index in [0.29, 0.717) is 11.1 Å². The lowest BCUT2D eigenvalue weighted by Gasteiger charge is -2.25. The number of benzene rings is 2. The van der Waals surface area contributed by atoms with Crippen LogP contribution in [-0.4, -0.2) is 42.0 Å². The molecule has 3 rings (SSSR count). The highest BCUT2D eigenvalue weighted by Crippen LogP contribution is 2.39. The van der Waals surface area contributed by atoms with Gasteiger partial charge in [-0.25, -0.2) is 4.39 Å². The van der Waals surface area contributed by atoms with Crippen molar-refractivity contribution in [3.8, 4) is 0 Å². The third-order valence-corrected chi connectivity index (χ3v) is 4.59. The number of rotatable bonds is 5. The van der Waals surface area contributed by atoms with Crippen molar-refractivity contribution in [1.82, 2.24) is 4.90 Å². The number of likely N-dealkylation sites (tertiary alicyclic amines) is 1. The Kier molecular flexibility index (Phi) is 5.37. The number of methoxy groups -OCH3 is 1. The molecule has 1 aliphatic rings. The molecule has 0 spiro atoms. The third kappa shape index (κ3) is 3.61. The fourth-order valence-corrected chi connectivity index (χ4v) is 3.16. The smallest absolute Gasteiger partial charge is 0.295 e. The van der Waals surface area contributed by atoms with Crippen LogP contribution >= 0.6 is 0 Å². The quantitative estimate of drug-likeness (QED) is 0.499. The normalized spacial score (nSPS) is 18.9. The van der Waals surface area contributed by atoms with Crippen LogP contribution < -0.4 is 0 Å². The van der Waals surface area contributed by atoms with Gasteiger partial charge in [-0.05, 0) is 24.6 Å². The number of carbonyl (C=O) groups excluding carboxylic acids is 2. The predicted molar refractivity (Wildman–Crippen MR) is 98.5 cm³/mol. The van der Waals surface area contributed by atoms with E-state index in [9.17, 15) is 19.1 Å². The van der Waals surface area contributed by atoms with E-state index in [0.717, 1.165) is 5.56 Å². The molecule has 2 aromatic carbocycles. The van der Waals surface area contributed by atoms with Gasteiger partial charge in [0.1, 0.15) is 11.6 Å². The number of aliphatic hydroxyl groups is 1. The maximum atomic E-state index is 13.4. The Labute approximate surface area is 156 Å². The lowest BCUT2D eigenvalue weighted by atomic mass is 9.95. The first kappa shape index (κ1) is 18.8. The summed E-state index contributed by atoms with van der Waals surface area (Å²) < 4.78 is 18.4. The van der Waals surface area contributed by atoms with Gasteiger partial charge in [0.05, 0.1) is 18.2 Å². The Hall–Kier alpha value is -2.99. The van der Waals surface area contributed by atoms with Crippen LogP contribution in [0.5, 0.6) is 0 Å². The Morgan fingerprint density at radius 1 is 1.11 bits per heavy atom. The van der Waals surface area contributed by atoms with Crippen molar-refractivity contribution in [2.45, 2.75) is 13.0 Å².